The van der Waals surface area contributed by atoms with E-state index in [2.05, 4.69) is 0 Å². The second-order valence-electron chi connectivity index (χ2n) is 4.42. The van der Waals surface area contributed by atoms with Crippen LogP contribution in [0.25, 0.3) is 0 Å². The van der Waals surface area contributed by atoms with Crippen molar-refractivity contribution in [2.24, 2.45) is 5.73 Å². The molecule has 0 aliphatic carbocycles. The molecule has 5 heteroatoms. The van der Waals surface area contributed by atoms with Crippen molar-refractivity contribution in [2.75, 3.05) is 27.3 Å². The van der Waals surface area contributed by atoms with Gasteiger partial charge in [0, 0.05) is 19.1 Å². The van der Waals surface area contributed by atoms with Crippen molar-refractivity contribution in [1.29, 1.82) is 0 Å². The van der Waals surface area contributed by atoms with Gasteiger partial charge < -0.3 is 20.1 Å². The summed E-state index contributed by atoms with van der Waals surface area (Å²) in [4.78, 5) is 14.4. The quantitative estimate of drug-likeness (QED) is 0.847. The zero-order valence-electron chi connectivity index (χ0n) is 12.0. The summed E-state index contributed by atoms with van der Waals surface area (Å²) in [6, 6.07) is 5.34. The molecular formula is C14H22N2O3. The van der Waals surface area contributed by atoms with Crippen LogP contribution in [0.5, 0.6) is 11.5 Å². The molecule has 0 aliphatic heterocycles. The highest BCUT2D eigenvalue weighted by Gasteiger charge is 2.24. The predicted octanol–water partition coefficient (Wildman–Crippen LogP) is 1.51. The number of amides is 1. The third kappa shape index (κ3) is 3.38. The van der Waals surface area contributed by atoms with E-state index >= 15 is 0 Å². The lowest BCUT2D eigenvalue weighted by Crippen LogP contribution is -2.40. The standard InChI is InChI=1S/C14H22N2O3/c1-10(2)16(9-8-15)14(17)13-11(18-3)6-5-7-12(13)19-4/h5-7,10H,8-9,15H2,1-4H3. The molecule has 0 saturated carbocycles. The van der Waals surface area contributed by atoms with E-state index in [4.69, 9.17) is 15.2 Å². The number of ether oxygens (including phenoxy) is 2. The molecule has 1 aromatic carbocycles. The molecule has 19 heavy (non-hydrogen) atoms. The van der Waals surface area contributed by atoms with E-state index in [1.54, 1.807) is 23.1 Å². The number of nitrogens with zero attached hydrogens (tertiary/aromatic N) is 1. The van der Waals surface area contributed by atoms with Gasteiger partial charge in [-0.3, -0.25) is 4.79 Å². The fraction of sp³-hybridized carbons (Fsp3) is 0.500. The molecule has 0 spiro atoms. The van der Waals surface area contributed by atoms with Gasteiger partial charge in [-0.1, -0.05) is 6.07 Å². The average molecular weight is 266 g/mol. The van der Waals surface area contributed by atoms with Crippen LogP contribution in [0.15, 0.2) is 18.2 Å². The lowest BCUT2D eigenvalue weighted by molar-refractivity contribution is 0.0705. The van der Waals surface area contributed by atoms with E-state index in [1.165, 1.54) is 14.2 Å². The highest BCUT2D eigenvalue weighted by Crippen LogP contribution is 2.29. The summed E-state index contributed by atoms with van der Waals surface area (Å²) < 4.78 is 10.5. The molecule has 1 amide bonds. The summed E-state index contributed by atoms with van der Waals surface area (Å²) in [6.45, 7) is 4.82. The number of methoxy groups -OCH3 is 2. The smallest absolute Gasteiger partial charge is 0.261 e. The van der Waals surface area contributed by atoms with Crippen LogP contribution >= 0.6 is 0 Å². The Balaban J connectivity index is 3.22. The van der Waals surface area contributed by atoms with E-state index < -0.39 is 0 Å². The third-order valence-electron chi connectivity index (χ3n) is 2.90. The number of carbonyl (C=O) groups excluding carboxylic acids is 1. The van der Waals surface area contributed by atoms with E-state index in [1.807, 2.05) is 13.8 Å². The lowest BCUT2D eigenvalue weighted by atomic mass is 10.1. The Kier molecular flexibility index (Phi) is 5.63. The molecule has 5 nitrogen and oxygen atoms in total. The van der Waals surface area contributed by atoms with Crippen molar-refractivity contribution in [1.82, 2.24) is 4.90 Å². The molecule has 2 N–H and O–H groups in total. The van der Waals surface area contributed by atoms with E-state index in [-0.39, 0.29) is 11.9 Å². The molecule has 0 unspecified atom stereocenters. The molecule has 0 fully saturated rings. The summed E-state index contributed by atoms with van der Waals surface area (Å²) in [5.41, 5.74) is 6.01. The largest absolute Gasteiger partial charge is 0.496 e. The van der Waals surface area contributed by atoms with E-state index in [0.29, 0.717) is 30.2 Å². The zero-order valence-corrected chi connectivity index (χ0v) is 12.0. The zero-order chi connectivity index (χ0) is 14.4. The van der Waals surface area contributed by atoms with Crippen LogP contribution in [0.4, 0.5) is 0 Å². The van der Waals surface area contributed by atoms with Gasteiger partial charge in [0.05, 0.1) is 14.2 Å². The molecule has 0 saturated heterocycles. The molecule has 1 aromatic rings. The van der Waals surface area contributed by atoms with Crippen molar-refractivity contribution in [3.8, 4) is 11.5 Å². The highest BCUT2D eigenvalue weighted by atomic mass is 16.5. The number of benzene rings is 1. The molecular weight excluding hydrogens is 244 g/mol. The highest BCUT2D eigenvalue weighted by molar-refractivity contribution is 5.99. The van der Waals surface area contributed by atoms with E-state index in [0.717, 1.165) is 0 Å². The fourth-order valence-corrected chi connectivity index (χ4v) is 1.94. The first-order chi connectivity index (χ1) is 9.06. The van der Waals surface area contributed by atoms with Crippen LogP contribution < -0.4 is 15.2 Å². The predicted molar refractivity (Wildman–Crippen MR) is 74.8 cm³/mol. The summed E-state index contributed by atoms with van der Waals surface area (Å²) in [5, 5.41) is 0. The van der Waals surface area contributed by atoms with Crippen LogP contribution in [-0.2, 0) is 0 Å². The van der Waals surface area contributed by atoms with Gasteiger partial charge in [0.15, 0.2) is 0 Å². The Morgan fingerprint density at radius 1 is 1.26 bits per heavy atom. The Morgan fingerprint density at radius 2 is 1.79 bits per heavy atom. The third-order valence-corrected chi connectivity index (χ3v) is 2.90. The maximum Gasteiger partial charge on any atom is 0.261 e. The Hall–Kier alpha value is -1.75. The van der Waals surface area contributed by atoms with Gasteiger partial charge in [0.2, 0.25) is 0 Å². The topological polar surface area (TPSA) is 64.8 Å². The molecule has 0 bridgehead atoms. The molecule has 0 atom stereocenters. The van der Waals surface area contributed by atoms with Crippen molar-refractivity contribution >= 4 is 5.91 Å². The van der Waals surface area contributed by atoms with Gasteiger partial charge in [-0.15, -0.1) is 0 Å². The maximum atomic E-state index is 12.6. The monoisotopic (exact) mass is 266 g/mol. The minimum Gasteiger partial charge on any atom is -0.496 e. The molecule has 0 heterocycles. The molecule has 0 aliphatic rings. The van der Waals surface area contributed by atoms with Crippen molar-refractivity contribution < 1.29 is 14.3 Å². The number of hydrogen-bond donors (Lipinski definition) is 1. The maximum absolute atomic E-state index is 12.6. The summed E-state index contributed by atoms with van der Waals surface area (Å²) in [7, 11) is 3.07. The molecule has 1 rings (SSSR count). The van der Waals surface area contributed by atoms with Crippen molar-refractivity contribution in [2.45, 2.75) is 19.9 Å². The van der Waals surface area contributed by atoms with Gasteiger partial charge in [-0.25, -0.2) is 0 Å². The van der Waals surface area contributed by atoms with Crippen LogP contribution in [0, 0.1) is 0 Å². The SMILES string of the molecule is COc1cccc(OC)c1C(=O)N(CCN)C(C)C. The van der Waals surface area contributed by atoms with Crippen molar-refractivity contribution in [3.63, 3.8) is 0 Å². The van der Waals surface area contributed by atoms with Gasteiger partial charge in [-0.05, 0) is 26.0 Å². The molecule has 0 aromatic heterocycles. The van der Waals surface area contributed by atoms with Crippen LogP contribution in [-0.4, -0.2) is 44.2 Å². The number of rotatable bonds is 6. The Morgan fingerprint density at radius 3 is 2.16 bits per heavy atom. The summed E-state index contributed by atoms with van der Waals surface area (Å²) in [6.07, 6.45) is 0. The van der Waals surface area contributed by atoms with Gasteiger partial charge in [-0.2, -0.15) is 0 Å². The second kappa shape index (κ2) is 6.99. The second-order valence-corrected chi connectivity index (χ2v) is 4.42. The molecule has 0 radical (unpaired) electrons. The van der Waals surface area contributed by atoms with Crippen LogP contribution in [0.2, 0.25) is 0 Å². The van der Waals surface area contributed by atoms with Gasteiger partial charge >= 0.3 is 0 Å². The number of carbonyl (C=O) groups is 1. The lowest BCUT2D eigenvalue weighted by Gasteiger charge is -2.27. The fourth-order valence-electron chi connectivity index (χ4n) is 1.94. The van der Waals surface area contributed by atoms with Crippen LogP contribution in [0.3, 0.4) is 0 Å². The normalized spacial score (nSPS) is 10.4. The average Bonchev–Trinajstić information content (AvgIpc) is 2.42. The van der Waals surface area contributed by atoms with Gasteiger partial charge in [0.1, 0.15) is 17.1 Å². The first kappa shape index (κ1) is 15.3. The minimum atomic E-state index is -0.130. The van der Waals surface area contributed by atoms with Crippen molar-refractivity contribution in [3.05, 3.63) is 23.8 Å². The minimum absolute atomic E-state index is 0.0608. The number of nitrogens with two attached hydrogens (primary N) is 1. The Labute approximate surface area is 114 Å². The first-order valence-electron chi connectivity index (χ1n) is 6.28. The van der Waals surface area contributed by atoms with Crippen LogP contribution in [0.1, 0.15) is 24.2 Å². The number of hydrogen-bond acceptors (Lipinski definition) is 4. The molecule has 106 valence electrons. The van der Waals surface area contributed by atoms with E-state index in [9.17, 15) is 4.79 Å². The summed E-state index contributed by atoms with van der Waals surface area (Å²) in [5.74, 6) is 0.883. The first-order valence-corrected chi connectivity index (χ1v) is 6.28. The van der Waals surface area contributed by atoms with Gasteiger partial charge in [0.25, 0.3) is 5.91 Å². The summed E-state index contributed by atoms with van der Waals surface area (Å²) >= 11 is 0. The Bertz CT molecular complexity index is 410.